The second-order valence-corrected chi connectivity index (χ2v) is 10.1. The summed E-state index contributed by atoms with van der Waals surface area (Å²) in [6.45, 7) is 5.65. The molecule has 2 aromatic rings. The van der Waals surface area contributed by atoms with E-state index in [1.54, 1.807) is 11.0 Å². The zero-order valence-corrected chi connectivity index (χ0v) is 19.2. The highest BCUT2D eigenvalue weighted by Crippen LogP contribution is 2.23. The molecule has 0 spiro atoms. The van der Waals surface area contributed by atoms with Crippen molar-refractivity contribution in [3.05, 3.63) is 36.4 Å². The summed E-state index contributed by atoms with van der Waals surface area (Å²) in [5.41, 5.74) is 0.114. The molecule has 32 heavy (non-hydrogen) atoms. The summed E-state index contributed by atoms with van der Waals surface area (Å²) in [5, 5.41) is 6.11. The minimum atomic E-state index is -3.49. The van der Waals surface area contributed by atoms with Crippen molar-refractivity contribution in [3.8, 4) is 0 Å². The summed E-state index contributed by atoms with van der Waals surface area (Å²) in [4.78, 5) is 21.9. The minimum Gasteiger partial charge on any atom is -0.447 e. The number of likely N-dealkylation sites (tertiary alicyclic amines) is 1. The summed E-state index contributed by atoms with van der Waals surface area (Å²) < 4.78 is 42.6. The molecule has 1 aliphatic heterocycles. The first-order valence-electron chi connectivity index (χ1n) is 10.4. The smallest absolute Gasteiger partial charge is 0.410 e. The number of sulfone groups is 1. The molecule has 11 heteroatoms. The number of ether oxygens (including phenoxy) is 1. The zero-order valence-electron chi connectivity index (χ0n) is 18.3. The molecule has 1 fully saturated rings. The number of halogens is 1. The van der Waals surface area contributed by atoms with Crippen LogP contribution in [0, 0.1) is 11.7 Å². The van der Waals surface area contributed by atoms with Crippen LogP contribution in [0.15, 0.2) is 35.5 Å². The van der Waals surface area contributed by atoms with Crippen LogP contribution >= 0.6 is 0 Å². The van der Waals surface area contributed by atoms with Crippen LogP contribution in [0.2, 0.25) is 0 Å². The predicted octanol–water partition coefficient (Wildman–Crippen LogP) is 3.43. The van der Waals surface area contributed by atoms with Crippen molar-refractivity contribution in [2.75, 3.05) is 36.5 Å². The molecule has 0 bridgehead atoms. The predicted molar refractivity (Wildman–Crippen MR) is 119 cm³/mol. The van der Waals surface area contributed by atoms with E-state index in [4.69, 9.17) is 4.74 Å². The van der Waals surface area contributed by atoms with Gasteiger partial charge in [-0.25, -0.2) is 27.6 Å². The maximum atomic E-state index is 14.3. The Kier molecular flexibility index (Phi) is 7.49. The monoisotopic (exact) mass is 465 g/mol. The first-order chi connectivity index (χ1) is 15.1. The molecule has 9 nitrogen and oxygen atoms in total. The van der Waals surface area contributed by atoms with E-state index in [1.807, 2.05) is 13.8 Å². The molecular formula is C21H28FN5O4S. The molecule has 174 valence electrons. The van der Waals surface area contributed by atoms with Crippen LogP contribution in [-0.4, -0.2) is 61.4 Å². The number of anilines is 3. The van der Waals surface area contributed by atoms with Crippen LogP contribution in [-0.2, 0) is 14.6 Å². The Labute approximate surface area is 187 Å². The molecule has 0 unspecified atom stereocenters. The Morgan fingerprint density at radius 1 is 1.22 bits per heavy atom. The lowest BCUT2D eigenvalue weighted by Gasteiger charge is -2.31. The topological polar surface area (TPSA) is 114 Å². The van der Waals surface area contributed by atoms with Gasteiger partial charge in [-0.3, -0.25) is 0 Å². The highest BCUT2D eigenvalue weighted by Gasteiger charge is 2.24. The van der Waals surface area contributed by atoms with Crippen LogP contribution in [0.4, 0.5) is 26.5 Å². The number of aromatic nitrogens is 2. The van der Waals surface area contributed by atoms with E-state index < -0.39 is 15.7 Å². The van der Waals surface area contributed by atoms with Crippen molar-refractivity contribution >= 4 is 33.3 Å². The molecule has 0 saturated carbocycles. The third kappa shape index (κ3) is 6.52. The van der Waals surface area contributed by atoms with Gasteiger partial charge in [0.2, 0.25) is 0 Å². The van der Waals surface area contributed by atoms with Crippen LogP contribution in [0.5, 0.6) is 0 Å². The number of rotatable bonds is 7. The lowest BCUT2D eigenvalue weighted by Crippen LogP contribution is -2.41. The number of nitrogens with one attached hydrogen (secondary N) is 2. The molecule has 3 rings (SSSR count). The standard InChI is InChI=1S/C21H28FN5O4S/c1-14(2)31-21(28)27-8-6-15(7-9-27)12-23-19-11-20(25-13-24-19)26-18-5-4-16(10-17(18)22)32(3,29)30/h4-5,10-11,13-15H,6-9,12H2,1-3H3,(H2,23,24,25,26). The van der Waals surface area contributed by atoms with Gasteiger partial charge in [-0.15, -0.1) is 0 Å². The van der Waals surface area contributed by atoms with E-state index in [9.17, 15) is 17.6 Å². The lowest BCUT2D eigenvalue weighted by molar-refractivity contribution is 0.0661. The third-order valence-electron chi connectivity index (χ3n) is 5.08. The van der Waals surface area contributed by atoms with Crippen LogP contribution in [0.3, 0.4) is 0 Å². The van der Waals surface area contributed by atoms with Gasteiger partial charge in [-0.1, -0.05) is 0 Å². The van der Waals surface area contributed by atoms with E-state index >= 15 is 0 Å². The van der Waals surface area contributed by atoms with Crippen molar-refractivity contribution < 1.29 is 22.3 Å². The summed E-state index contributed by atoms with van der Waals surface area (Å²) in [6.07, 6.45) is 3.70. The summed E-state index contributed by atoms with van der Waals surface area (Å²) in [6, 6.07) is 5.32. The molecule has 1 aromatic heterocycles. The first-order valence-corrected chi connectivity index (χ1v) is 12.3. The van der Waals surface area contributed by atoms with Crippen LogP contribution in [0.25, 0.3) is 0 Å². The van der Waals surface area contributed by atoms with Gasteiger partial charge < -0.3 is 20.3 Å². The second kappa shape index (κ2) is 10.1. The van der Waals surface area contributed by atoms with E-state index in [2.05, 4.69) is 20.6 Å². The van der Waals surface area contributed by atoms with Gasteiger partial charge in [-0.05, 0) is 50.8 Å². The van der Waals surface area contributed by atoms with Crippen molar-refractivity contribution in [2.45, 2.75) is 37.7 Å². The van der Waals surface area contributed by atoms with E-state index in [0.29, 0.717) is 37.2 Å². The summed E-state index contributed by atoms with van der Waals surface area (Å²) >= 11 is 0. The van der Waals surface area contributed by atoms with Crippen molar-refractivity contribution in [2.24, 2.45) is 5.92 Å². The fraction of sp³-hybridized carbons (Fsp3) is 0.476. The zero-order chi connectivity index (χ0) is 23.3. The highest BCUT2D eigenvalue weighted by atomic mass is 32.2. The Balaban J connectivity index is 1.53. The highest BCUT2D eigenvalue weighted by molar-refractivity contribution is 7.90. The largest absolute Gasteiger partial charge is 0.447 e. The number of hydrogen-bond donors (Lipinski definition) is 2. The molecule has 1 aromatic carbocycles. The molecule has 1 aliphatic rings. The fourth-order valence-electron chi connectivity index (χ4n) is 3.33. The Bertz CT molecular complexity index is 1060. The van der Waals surface area contributed by atoms with E-state index in [1.165, 1.54) is 18.5 Å². The van der Waals surface area contributed by atoms with Gasteiger partial charge in [0.05, 0.1) is 16.7 Å². The van der Waals surface area contributed by atoms with E-state index in [-0.39, 0.29) is 22.8 Å². The van der Waals surface area contributed by atoms with Crippen molar-refractivity contribution in [1.29, 1.82) is 0 Å². The minimum absolute atomic E-state index is 0.0888. The number of amides is 1. The number of hydrogen-bond acceptors (Lipinski definition) is 8. The maximum absolute atomic E-state index is 14.3. The summed E-state index contributed by atoms with van der Waals surface area (Å²) in [7, 11) is -3.49. The molecule has 2 N–H and O–H groups in total. The normalized spacial score (nSPS) is 15.0. The fourth-order valence-corrected chi connectivity index (χ4v) is 3.97. The number of carbonyl (C=O) groups is 1. The Morgan fingerprint density at radius 3 is 2.53 bits per heavy atom. The molecule has 1 saturated heterocycles. The maximum Gasteiger partial charge on any atom is 0.410 e. The van der Waals surface area contributed by atoms with Gasteiger partial charge in [-0.2, -0.15) is 0 Å². The van der Waals surface area contributed by atoms with Gasteiger partial charge in [0.1, 0.15) is 23.8 Å². The number of carbonyl (C=O) groups excluding carboxylic acids is 1. The Hall–Kier alpha value is -2.95. The summed E-state index contributed by atoms with van der Waals surface area (Å²) in [5.74, 6) is 0.645. The van der Waals surface area contributed by atoms with Gasteiger partial charge in [0, 0.05) is 32.0 Å². The van der Waals surface area contributed by atoms with Crippen molar-refractivity contribution in [3.63, 3.8) is 0 Å². The molecular weight excluding hydrogens is 437 g/mol. The molecule has 1 amide bonds. The average molecular weight is 466 g/mol. The molecule has 0 atom stereocenters. The van der Waals surface area contributed by atoms with E-state index in [0.717, 1.165) is 25.2 Å². The number of benzene rings is 1. The van der Waals surface area contributed by atoms with Gasteiger partial charge >= 0.3 is 6.09 Å². The SMILES string of the molecule is CC(C)OC(=O)N1CCC(CNc2cc(Nc3ccc(S(C)(=O)=O)cc3F)ncn2)CC1. The first kappa shape index (κ1) is 23.7. The van der Waals surface area contributed by atoms with Crippen molar-refractivity contribution in [1.82, 2.24) is 14.9 Å². The molecule has 0 radical (unpaired) electrons. The Morgan fingerprint density at radius 2 is 1.91 bits per heavy atom. The van der Waals surface area contributed by atoms with Gasteiger partial charge in [0.15, 0.2) is 9.84 Å². The number of piperidine rings is 1. The average Bonchev–Trinajstić information content (AvgIpc) is 2.73. The molecule has 0 aliphatic carbocycles. The number of nitrogens with zero attached hydrogens (tertiary/aromatic N) is 3. The van der Waals surface area contributed by atoms with Gasteiger partial charge in [0.25, 0.3) is 0 Å². The second-order valence-electron chi connectivity index (χ2n) is 8.07. The quantitative estimate of drug-likeness (QED) is 0.639. The lowest BCUT2D eigenvalue weighted by atomic mass is 9.97. The van der Waals surface area contributed by atoms with Crippen LogP contribution in [0.1, 0.15) is 26.7 Å². The molecule has 2 heterocycles. The van der Waals surface area contributed by atoms with Crippen LogP contribution < -0.4 is 10.6 Å². The third-order valence-corrected chi connectivity index (χ3v) is 6.19.